The number of hydrogen-bond acceptors (Lipinski definition) is 4. The molecule has 0 aliphatic carbocycles. The molecule has 6 heteroatoms. The molecule has 98 valence electrons. The number of nitrogens with one attached hydrogen (secondary N) is 1. The zero-order valence-electron chi connectivity index (χ0n) is 10.1. The summed E-state index contributed by atoms with van der Waals surface area (Å²) in [5.74, 6) is -0.290. The molecule has 1 heterocycles. The minimum Gasteiger partial charge on any atom is -0.368 e. The van der Waals surface area contributed by atoms with Gasteiger partial charge in [0.25, 0.3) is 5.91 Å². The fraction of sp³-hybridized carbons (Fsp3) is 0.154. The molecule has 0 bridgehead atoms. The first-order chi connectivity index (χ1) is 9.15. The van der Waals surface area contributed by atoms with Gasteiger partial charge in [-0.05, 0) is 36.2 Å². The number of nitrogens with two attached hydrogens (primary N) is 1. The van der Waals surface area contributed by atoms with Gasteiger partial charge in [-0.15, -0.1) is 10.2 Å². The summed E-state index contributed by atoms with van der Waals surface area (Å²) in [5.41, 5.74) is 6.21. The highest BCUT2D eigenvalue weighted by molar-refractivity contribution is 5.90. The quantitative estimate of drug-likeness (QED) is 0.850. The molecule has 0 atom stereocenters. The van der Waals surface area contributed by atoms with E-state index in [0.717, 1.165) is 12.0 Å². The third kappa shape index (κ3) is 3.74. The van der Waals surface area contributed by atoms with Crippen LogP contribution in [0, 0.1) is 5.82 Å². The number of aromatic nitrogens is 2. The Bertz CT molecular complexity index is 554. The molecular weight excluding hydrogens is 247 g/mol. The van der Waals surface area contributed by atoms with E-state index in [0.29, 0.717) is 12.4 Å². The van der Waals surface area contributed by atoms with Crippen LogP contribution in [0.25, 0.3) is 0 Å². The molecule has 0 saturated carbocycles. The fourth-order valence-electron chi connectivity index (χ4n) is 1.54. The van der Waals surface area contributed by atoms with Gasteiger partial charge in [-0.2, -0.15) is 0 Å². The van der Waals surface area contributed by atoms with E-state index in [-0.39, 0.29) is 11.5 Å². The summed E-state index contributed by atoms with van der Waals surface area (Å²) in [6, 6.07) is 9.47. The van der Waals surface area contributed by atoms with Gasteiger partial charge < -0.3 is 11.1 Å². The number of carbonyl (C=O) groups excluding carboxylic acids is 1. The van der Waals surface area contributed by atoms with E-state index in [1.165, 1.54) is 18.2 Å². The van der Waals surface area contributed by atoms with Crippen LogP contribution in [0.5, 0.6) is 0 Å². The standard InChI is InChI=1S/C13H13FN4O/c14-10-3-1-9(2-4-10)7-8-16-12-6-5-11(13(15)19)17-18-12/h1-6H,7-8H2,(H2,15,19)(H,16,18). The van der Waals surface area contributed by atoms with Crippen molar-refractivity contribution in [3.8, 4) is 0 Å². The lowest BCUT2D eigenvalue weighted by Crippen LogP contribution is -2.14. The van der Waals surface area contributed by atoms with Crippen molar-refractivity contribution in [1.82, 2.24) is 10.2 Å². The number of anilines is 1. The summed E-state index contributed by atoms with van der Waals surface area (Å²) >= 11 is 0. The largest absolute Gasteiger partial charge is 0.368 e. The zero-order chi connectivity index (χ0) is 13.7. The van der Waals surface area contributed by atoms with Gasteiger partial charge in [-0.3, -0.25) is 4.79 Å². The molecule has 1 aromatic heterocycles. The number of primary amides is 1. The van der Waals surface area contributed by atoms with Crippen molar-refractivity contribution in [3.05, 3.63) is 53.5 Å². The first-order valence-electron chi connectivity index (χ1n) is 5.77. The summed E-state index contributed by atoms with van der Waals surface area (Å²) in [6.45, 7) is 0.635. The van der Waals surface area contributed by atoms with Crippen LogP contribution < -0.4 is 11.1 Å². The van der Waals surface area contributed by atoms with Crippen molar-refractivity contribution in [2.75, 3.05) is 11.9 Å². The van der Waals surface area contributed by atoms with Crippen molar-refractivity contribution in [1.29, 1.82) is 0 Å². The van der Waals surface area contributed by atoms with Crippen LogP contribution in [0.15, 0.2) is 36.4 Å². The molecule has 0 spiro atoms. The van der Waals surface area contributed by atoms with E-state index in [9.17, 15) is 9.18 Å². The second-order valence-corrected chi connectivity index (χ2v) is 3.97. The molecule has 3 N–H and O–H groups in total. The summed E-state index contributed by atoms with van der Waals surface area (Å²) in [7, 11) is 0. The first kappa shape index (κ1) is 12.9. The summed E-state index contributed by atoms with van der Waals surface area (Å²) in [5, 5.41) is 10.6. The van der Waals surface area contributed by atoms with Crippen molar-refractivity contribution in [2.24, 2.45) is 5.73 Å². The maximum atomic E-state index is 12.7. The zero-order valence-corrected chi connectivity index (χ0v) is 10.1. The van der Waals surface area contributed by atoms with Gasteiger partial charge in [0.05, 0.1) is 0 Å². The number of nitrogens with zero attached hydrogens (tertiary/aromatic N) is 2. The molecule has 5 nitrogen and oxygen atoms in total. The lowest BCUT2D eigenvalue weighted by molar-refractivity contribution is 0.0994. The molecule has 0 saturated heterocycles. The Morgan fingerprint density at radius 1 is 1.16 bits per heavy atom. The van der Waals surface area contributed by atoms with Crippen LogP contribution in [0.1, 0.15) is 16.1 Å². The number of rotatable bonds is 5. The highest BCUT2D eigenvalue weighted by Crippen LogP contribution is 2.05. The minimum absolute atomic E-state index is 0.129. The molecule has 0 aliphatic rings. The molecular formula is C13H13FN4O. The van der Waals surface area contributed by atoms with Gasteiger partial charge in [0.15, 0.2) is 5.69 Å². The molecule has 0 aliphatic heterocycles. The van der Waals surface area contributed by atoms with Gasteiger partial charge >= 0.3 is 0 Å². The topological polar surface area (TPSA) is 80.9 Å². The predicted molar refractivity (Wildman–Crippen MR) is 69.1 cm³/mol. The highest BCUT2D eigenvalue weighted by Gasteiger charge is 2.02. The van der Waals surface area contributed by atoms with Crippen molar-refractivity contribution in [2.45, 2.75) is 6.42 Å². The summed E-state index contributed by atoms with van der Waals surface area (Å²) < 4.78 is 12.7. The maximum absolute atomic E-state index is 12.7. The van der Waals surface area contributed by atoms with Crippen molar-refractivity contribution < 1.29 is 9.18 Å². The van der Waals surface area contributed by atoms with E-state index in [1.54, 1.807) is 18.2 Å². The predicted octanol–water partition coefficient (Wildman–Crippen LogP) is 1.37. The second kappa shape index (κ2) is 5.90. The Balaban J connectivity index is 1.85. The number of carbonyl (C=O) groups is 1. The molecule has 0 fully saturated rings. The number of halogens is 1. The van der Waals surface area contributed by atoms with E-state index in [2.05, 4.69) is 15.5 Å². The van der Waals surface area contributed by atoms with Crippen LogP contribution in [0.3, 0.4) is 0 Å². The third-order valence-corrected chi connectivity index (χ3v) is 2.55. The van der Waals surface area contributed by atoms with Crippen molar-refractivity contribution >= 4 is 11.7 Å². The molecule has 1 amide bonds. The maximum Gasteiger partial charge on any atom is 0.269 e. The van der Waals surface area contributed by atoms with Gasteiger partial charge in [0.2, 0.25) is 0 Å². The Kier molecular flexibility index (Phi) is 4.02. The molecule has 0 radical (unpaired) electrons. The lowest BCUT2D eigenvalue weighted by atomic mass is 10.1. The van der Waals surface area contributed by atoms with Crippen LogP contribution >= 0.6 is 0 Å². The van der Waals surface area contributed by atoms with E-state index < -0.39 is 5.91 Å². The number of benzene rings is 1. The minimum atomic E-state index is -0.606. The highest BCUT2D eigenvalue weighted by atomic mass is 19.1. The average molecular weight is 260 g/mol. The first-order valence-corrected chi connectivity index (χ1v) is 5.77. The molecule has 0 unspecified atom stereocenters. The lowest BCUT2D eigenvalue weighted by Gasteiger charge is -2.05. The van der Waals surface area contributed by atoms with Gasteiger partial charge in [0, 0.05) is 6.54 Å². The van der Waals surface area contributed by atoms with Crippen LogP contribution in [-0.4, -0.2) is 22.6 Å². The normalized spacial score (nSPS) is 10.2. The summed E-state index contributed by atoms with van der Waals surface area (Å²) in [6.07, 6.45) is 0.736. The van der Waals surface area contributed by atoms with Gasteiger partial charge in [-0.25, -0.2) is 4.39 Å². The second-order valence-electron chi connectivity index (χ2n) is 3.97. The third-order valence-electron chi connectivity index (χ3n) is 2.55. The van der Waals surface area contributed by atoms with E-state index in [4.69, 9.17) is 5.73 Å². The average Bonchev–Trinajstić information content (AvgIpc) is 2.41. The SMILES string of the molecule is NC(=O)c1ccc(NCCc2ccc(F)cc2)nn1. The van der Waals surface area contributed by atoms with Gasteiger partial charge in [0.1, 0.15) is 11.6 Å². The van der Waals surface area contributed by atoms with Crippen LogP contribution in [0.4, 0.5) is 10.2 Å². The smallest absolute Gasteiger partial charge is 0.269 e. The fourth-order valence-corrected chi connectivity index (χ4v) is 1.54. The monoisotopic (exact) mass is 260 g/mol. The van der Waals surface area contributed by atoms with E-state index >= 15 is 0 Å². The number of amides is 1. The molecule has 2 rings (SSSR count). The molecule has 2 aromatic rings. The van der Waals surface area contributed by atoms with Crippen LogP contribution in [0.2, 0.25) is 0 Å². The van der Waals surface area contributed by atoms with E-state index in [1.807, 2.05) is 0 Å². The Morgan fingerprint density at radius 3 is 2.47 bits per heavy atom. The van der Waals surface area contributed by atoms with Crippen LogP contribution in [-0.2, 0) is 6.42 Å². The van der Waals surface area contributed by atoms with Crippen molar-refractivity contribution in [3.63, 3.8) is 0 Å². The van der Waals surface area contributed by atoms with Gasteiger partial charge in [-0.1, -0.05) is 12.1 Å². The molecule has 19 heavy (non-hydrogen) atoms. The molecule has 1 aromatic carbocycles. The Labute approximate surface area is 109 Å². The summed E-state index contributed by atoms with van der Waals surface area (Å²) in [4.78, 5) is 10.8. The Morgan fingerprint density at radius 2 is 1.89 bits per heavy atom. The number of hydrogen-bond donors (Lipinski definition) is 2. The Hall–Kier alpha value is -2.50.